The van der Waals surface area contributed by atoms with Crippen LogP contribution in [0.15, 0.2) is 23.7 Å². The van der Waals surface area contributed by atoms with Crippen LogP contribution in [0.25, 0.3) is 21.9 Å². The number of fused-ring (bicyclic) bond motifs is 1. The first-order valence-electron chi connectivity index (χ1n) is 6.77. The number of nitrogens with one attached hydrogen (secondary N) is 2. The van der Waals surface area contributed by atoms with Crippen LogP contribution in [-0.4, -0.2) is 31.6 Å². The van der Waals surface area contributed by atoms with Gasteiger partial charge in [0.2, 0.25) is 0 Å². The lowest BCUT2D eigenvalue weighted by molar-refractivity contribution is 0.978. The topological polar surface area (TPSA) is 75.6 Å². The van der Waals surface area contributed by atoms with Gasteiger partial charge >= 0.3 is 0 Å². The van der Waals surface area contributed by atoms with E-state index in [0.717, 1.165) is 28.5 Å². The molecule has 6 nitrogen and oxygen atoms in total. The van der Waals surface area contributed by atoms with Crippen LogP contribution >= 0.6 is 23.6 Å². The van der Waals surface area contributed by atoms with E-state index in [-0.39, 0.29) is 0 Å². The first-order chi connectivity index (χ1) is 10.7. The summed E-state index contributed by atoms with van der Waals surface area (Å²) >= 11 is 6.70. The fraction of sp³-hybridized carbons (Fsp3) is 0.214. The Hall–Kier alpha value is -2.19. The van der Waals surface area contributed by atoms with E-state index in [1.807, 2.05) is 31.4 Å². The molecular weight excluding hydrogens is 316 g/mol. The fourth-order valence-corrected chi connectivity index (χ4v) is 2.86. The van der Waals surface area contributed by atoms with E-state index in [4.69, 9.17) is 12.2 Å². The summed E-state index contributed by atoms with van der Waals surface area (Å²) in [5.41, 5.74) is 3.00. The van der Waals surface area contributed by atoms with Crippen LogP contribution in [0.3, 0.4) is 0 Å². The molecule has 0 aromatic carbocycles. The third-order valence-electron chi connectivity index (χ3n) is 2.82. The van der Waals surface area contributed by atoms with Gasteiger partial charge in [0, 0.05) is 17.6 Å². The number of thiazole rings is 1. The molecule has 3 rings (SSSR count). The Labute approximate surface area is 137 Å². The number of pyridine rings is 1. The molecule has 3 heterocycles. The van der Waals surface area contributed by atoms with Crippen molar-refractivity contribution in [1.29, 1.82) is 0 Å². The molecule has 3 aromatic rings. The molecule has 0 unspecified atom stereocenters. The zero-order valence-electron chi connectivity index (χ0n) is 12.1. The lowest BCUT2D eigenvalue weighted by Crippen LogP contribution is -2.28. The van der Waals surface area contributed by atoms with Crippen molar-refractivity contribution >= 4 is 45.6 Å². The summed E-state index contributed by atoms with van der Waals surface area (Å²) in [5.74, 6) is 0.639. The summed E-state index contributed by atoms with van der Waals surface area (Å²) < 4.78 is 0. The van der Waals surface area contributed by atoms with Gasteiger partial charge in [-0.25, -0.2) is 15.0 Å². The quantitative estimate of drug-likeness (QED) is 0.715. The summed E-state index contributed by atoms with van der Waals surface area (Å²) in [5, 5.41) is 9.41. The van der Waals surface area contributed by atoms with E-state index in [2.05, 4.69) is 30.6 Å². The molecule has 0 atom stereocenters. The smallest absolute Gasteiger partial charge is 0.180 e. The van der Waals surface area contributed by atoms with Crippen LogP contribution in [0.1, 0.15) is 12.6 Å². The predicted octanol–water partition coefficient (Wildman–Crippen LogP) is 2.76. The van der Waals surface area contributed by atoms with Crippen molar-refractivity contribution in [2.45, 2.75) is 13.8 Å². The van der Waals surface area contributed by atoms with E-state index >= 15 is 0 Å². The highest BCUT2D eigenvalue weighted by Gasteiger charge is 2.08. The standard InChI is InChI=1S/C14H14N6S2/c1-3-15-14(21)20-11-5-4-9-12(19-11)18-10(6-16-9)13-17-8(2)7-22-13/h4-7H,3H2,1-2H3,(H2,15,18,19,20,21). The molecule has 0 aliphatic heterocycles. The van der Waals surface area contributed by atoms with E-state index in [0.29, 0.717) is 16.6 Å². The molecule has 112 valence electrons. The summed E-state index contributed by atoms with van der Waals surface area (Å²) in [6.45, 7) is 4.69. The lowest BCUT2D eigenvalue weighted by atomic mass is 10.3. The minimum absolute atomic E-state index is 0.536. The highest BCUT2D eigenvalue weighted by atomic mass is 32.1. The number of thiocarbonyl (C=S) groups is 1. The van der Waals surface area contributed by atoms with Gasteiger partial charge in [-0.3, -0.25) is 4.98 Å². The second-order valence-corrected chi connectivity index (χ2v) is 5.84. The second-order valence-electron chi connectivity index (χ2n) is 4.57. The van der Waals surface area contributed by atoms with Gasteiger partial charge in [-0.15, -0.1) is 11.3 Å². The van der Waals surface area contributed by atoms with Gasteiger partial charge in [-0.05, 0) is 38.2 Å². The maximum Gasteiger partial charge on any atom is 0.180 e. The first-order valence-corrected chi connectivity index (χ1v) is 8.05. The van der Waals surface area contributed by atoms with Crippen LogP contribution in [0.5, 0.6) is 0 Å². The largest absolute Gasteiger partial charge is 0.363 e. The van der Waals surface area contributed by atoms with Crippen molar-refractivity contribution < 1.29 is 0 Å². The first kappa shape index (κ1) is 14.7. The zero-order chi connectivity index (χ0) is 15.5. The molecule has 0 aliphatic carbocycles. The molecule has 0 spiro atoms. The second kappa shape index (κ2) is 6.29. The number of anilines is 1. The average molecular weight is 330 g/mol. The molecule has 0 saturated carbocycles. The summed E-state index contributed by atoms with van der Waals surface area (Å²) in [6.07, 6.45) is 1.72. The Morgan fingerprint density at radius 3 is 2.86 bits per heavy atom. The van der Waals surface area contributed by atoms with Crippen molar-refractivity contribution in [2.75, 3.05) is 11.9 Å². The van der Waals surface area contributed by atoms with Crippen molar-refractivity contribution in [1.82, 2.24) is 25.3 Å². The van der Waals surface area contributed by atoms with E-state index < -0.39 is 0 Å². The number of aromatic nitrogens is 4. The molecular formula is C14H14N6S2. The van der Waals surface area contributed by atoms with Crippen molar-refractivity contribution in [3.63, 3.8) is 0 Å². The number of aryl methyl sites for hydroxylation is 1. The molecule has 0 aliphatic rings. The zero-order valence-corrected chi connectivity index (χ0v) is 13.8. The van der Waals surface area contributed by atoms with Gasteiger partial charge in [0.05, 0.1) is 6.20 Å². The summed E-state index contributed by atoms with van der Waals surface area (Å²) in [4.78, 5) is 17.8. The summed E-state index contributed by atoms with van der Waals surface area (Å²) in [6, 6.07) is 3.69. The number of hydrogen-bond donors (Lipinski definition) is 2. The molecule has 0 amide bonds. The molecule has 0 radical (unpaired) electrons. The summed E-state index contributed by atoms with van der Waals surface area (Å²) in [7, 11) is 0. The average Bonchev–Trinajstić information content (AvgIpc) is 2.93. The maximum atomic E-state index is 5.16. The van der Waals surface area contributed by atoms with Gasteiger partial charge in [-0.1, -0.05) is 0 Å². The molecule has 3 aromatic heterocycles. The van der Waals surface area contributed by atoms with Crippen LogP contribution in [0.2, 0.25) is 0 Å². The predicted molar refractivity (Wildman–Crippen MR) is 93.1 cm³/mol. The monoisotopic (exact) mass is 330 g/mol. The molecule has 22 heavy (non-hydrogen) atoms. The minimum atomic E-state index is 0.536. The van der Waals surface area contributed by atoms with Crippen molar-refractivity contribution in [3.05, 3.63) is 29.4 Å². The van der Waals surface area contributed by atoms with Gasteiger partial charge < -0.3 is 10.6 Å². The Morgan fingerprint density at radius 1 is 1.27 bits per heavy atom. The van der Waals surface area contributed by atoms with Gasteiger partial charge in [-0.2, -0.15) is 0 Å². The Balaban J connectivity index is 1.94. The molecule has 0 fully saturated rings. The third kappa shape index (κ3) is 3.18. The third-order valence-corrected chi connectivity index (χ3v) is 4.05. The van der Waals surface area contributed by atoms with Crippen molar-refractivity contribution in [3.8, 4) is 10.7 Å². The molecule has 0 saturated heterocycles. The maximum absolute atomic E-state index is 5.16. The molecule has 8 heteroatoms. The molecule has 2 N–H and O–H groups in total. The van der Waals surface area contributed by atoms with Gasteiger partial charge in [0.25, 0.3) is 0 Å². The van der Waals surface area contributed by atoms with Crippen LogP contribution < -0.4 is 10.6 Å². The fourth-order valence-electron chi connectivity index (χ4n) is 1.86. The van der Waals surface area contributed by atoms with Crippen LogP contribution in [0, 0.1) is 6.92 Å². The van der Waals surface area contributed by atoms with E-state index in [1.54, 1.807) is 17.5 Å². The lowest BCUT2D eigenvalue weighted by Gasteiger charge is -2.08. The Bertz CT molecular complexity index is 829. The molecule has 0 bridgehead atoms. The number of hydrogen-bond acceptors (Lipinski definition) is 6. The Morgan fingerprint density at radius 2 is 2.14 bits per heavy atom. The Kier molecular flexibility index (Phi) is 4.21. The van der Waals surface area contributed by atoms with Crippen molar-refractivity contribution in [2.24, 2.45) is 0 Å². The van der Waals surface area contributed by atoms with Crippen LogP contribution in [0.4, 0.5) is 5.82 Å². The SMILES string of the molecule is CCNC(=S)Nc1ccc2ncc(-c3nc(C)cs3)nc2n1. The van der Waals surface area contributed by atoms with Gasteiger partial charge in [0.15, 0.2) is 10.8 Å². The van der Waals surface area contributed by atoms with E-state index in [1.165, 1.54) is 0 Å². The van der Waals surface area contributed by atoms with Crippen LogP contribution in [-0.2, 0) is 0 Å². The number of nitrogens with zero attached hydrogens (tertiary/aromatic N) is 4. The minimum Gasteiger partial charge on any atom is -0.363 e. The van der Waals surface area contributed by atoms with E-state index in [9.17, 15) is 0 Å². The number of rotatable bonds is 3. The highest BCUT2D eigenvalue weighted by molar-refractivity contribution is 7.80. The van der Waals surface area contributed by atoms with Gasteiger partial charge in [0.1, 0.15) is 22.0 Å². The highest BCUT2D eigenvalue weighted by Crippen LogP contribution is 2.22. The normalized spacial score (nSPS) is 10.6.